The number of unbranched alkanes of at least 4 members (excludes halogenated alkanes) is 15. The smallest absolute Gasteiger partial charge is 0.200 e. The molecule has 626 valence electrons. The van der Waals surface area contributed by atoms with Crippen LogP contribution in [0.3, 0.4) is 0 Å². The van der Waals surface area contributed by atoms with Crippen LogP contribution in [-0.4, -0.2) is 72.0 Å². The van der Waals surface area contributed by atoms with E-state index >= 15 is 26.3 Å². The average Bonchev–Trinajstić information content (AvgIpc) is 0.696. The Morgan fingerprint density at radius 1 is 0.220 bits per heavy atom. The molecule has 0 aliphatic rings. The summed E-state index contributed by atoms with van der Waals surface area (Å²) in [6.45, 7) is 5.58. The molecule has 43 heteroatoms. The number of benzene rings is 4. The largest absolute Gasteiger partial charge is 0.421 e. The Balaban J connectivity index is 0.000000568. The fraction of sp³-hybridized carbons (Fsp3) is 0.636. The van der Waals surface area contributed by atoms with Crippen LogP contribution >= 0.6 is 7.26 Å². The molecule has 0 spiro atoms. The third kappa shape index (κ3) is 23.1. The van der Waals surface area contributed by atoms with Crippen LogP contribution in [0.4, 0.5) is 180 Å². The Morgan fingerprint density at radius 3 is 0.596 bits per heavy atom. The molecule has 0 saturated heterocycles. The minimum atomic E-state index is -8.30. The van der Waals surface area contributed by atoms with Crippen molar-refractivity contribution in [1.29, 1.82) is 0 Å². The van der Waals surface area contributed by atoms with E-state index in [0.29, 0.717) is 38.5 Å². The highest BCUT2D eigenvalue weighted by Crippen LogP contribution is 2.78. The number of alkyl halides is 41. The van der Waals surface area contributed by atoms with Gasteiger partial charge >= 0.3 is 96.8 Å². The summed E-state index contributed by atoms with van der Waals surface area (Å²) in [5, 5.41) is 0. The van der Waals surface area contributed by atoms with Gasteiger partial charge in [-0.3, -0.25) is 0 Å². The van der Waals surface area contributed by atoms with Crippen molar-refractivity contribution in [1.82, 2.24) is 0 Å². The van der Waals surface area contributed by atoms with E-state index < -0.39 is 281 Å². The van der Waals surface area contributed by atoms with Gasteiger partial charge in [-0.05, 0) is 62.8 Å². The Kier molecular flexibility index (Phi) is 31.4. The SMILES string of the molecule is CCCCCCCC[P+](CCCCCCCC)(CCCCCCCC)C(F)(F)C(F)(F)C(F)(F)C(F)(F)C(F)(F)C(F)(F)C(F)(F)CCC(F)(F)F.FC(F)(F)c1cc([B-](c2cc(C(F)(F)F)cc(C(F)(F)F)c2)(c2cc(C(F)(F)F)cc(C(F)(F)F)c2)c2cc(C(F)(F)F)cc(C(F)(F)F)c2)cc(C(F)(F)F)c1. The monoisotopic (exact) mass is 1680 g/mol. The first-order valence-corrected chi connectivity index (χ1v) is 35.2. The van der Waals surface area contributed by atoms with E-state index in [9.17, 15) is 154 Å². The maximum absolute atomic E-state index is 16.4. The topological polar surface area (TPSA) is 0 Å². The van der Waals surface area contributed by atoms with Gasteiger partial charge in [-0.25, -0.2) is 0 Å². The zero-order chi connectivity index (χ0) is 84.7. The Labute approximate surface area is 595 Å². The predicted molar refractivity (Wildman–Crippen MR) is 322 cm³/mol. The van der Waals surface area contributed by atoms with Gasteiger partial charge in [-0.2, -0.15) is 202 Å². The Morgan fingerprint density at radius 2 is 0.404 bits per heavy atom. The van der Waals surface area contributed by atoms with Crippen LogP contribution in [0.15, 0.2) is 72.8 Å². The molecule has 0 atom stereocenters. The summed E-state index contributed by atoms with van der Waals surface area (Å²) in [6.07, 6.45) is -62.1. The van der Waals surface area contributed by atoms with Crippen LogP contribution in [0.2, 0.25) is 0 Å². The predicted octanol–water partition coefficient (Wildman–Crippen LogP) is 27.0. The second-order valence-corrected chi connectivity index (χ2v) is 30.3. The number of hydrogen-bond acceptors (Lipinski definition) is 0. The van der Waals surface area contributed by atoms with E-state index in [2.05, 4.69) is 0 Å². The highest BCUT2D eigenvalue weighted by molar-refractivity contribution is 7.77. The second kappa shape index (κ2) is 35.1. The molecule has 0 saturated carbocycles. The fourth-order valence-corrected chi connectivity index (χ4v) is 16.9. The number of rotatable bonds is 34. The normalized spacial score (nSPS) is 14.5. The summed E-state index contributed by atoms with van der Waals surface area (Å²) in [4.78, 5) is 0. The zero-order valence-electron chi connectivity index (χ0n) is 56.7. The first kappa shape index (κ1) is 97.7. The molecule has 4 aromatic carbocycles. The molecule has 0 amide bonds. The van der Waals surface area contributed by atoms with Crippen molar-refractivity contribution in [2.24, 2.45) is 0 Å². The highest BCUT2D eigenvalue weighted by atomic mass is 31.2. The molecular weight excluding hydrogens is 1610 g/mol. The first-order chi connectivity index (χ1) is 48.9. The minimum Gasteiger partial charge on any atom is -0.200 e. The maximum Gasteiger partial charge on any atom is 0.421 e. The van der Waals surface area contributed by atoms with Crippen LogP contribution < -0.4 is 21.9 Å². The summed E-state index contributed by atoms with van der Waals surface area (Å²) in [7, 11) is -4.91. The van der Waals surface area contributed by atoms with Crippen molar-refractivity contribution in [3.05, 3.63) is 117 Å². The van der Waals surface area contributed by atoms with E-state index in [4.69, 9.17) is 0 Å². The van der Waals surface area contributed by atoms with E-state index in [1.54, 1.807) is 0 Å². The lowest BCUT2D eigenvalue weighted by Gasteiger charge is -2.46. The van der Waals surface area contributed by atoms with Crippen molar-refractivity contribution in [2.75, 3.05) is 18.5 Å². The fourth-order valence-electron chi connectivity index (χ4n) is 12.2. The van der Waals surface area contributed by atoms with E-state index in [0.717, 1.165) is 38.5 Å². The molecule has 0 N–H and O–H groups in total. The van der Waals surface area contributed by atoms with Gasteiger partial charge in [0.05, 0.1) is 70.3 Å². The standard InChI is InChI=1S/C34H55F17P.C32H12BF24/c1-4-7-10-13-16-19-24-52(25-20-17-14-11-8-5-2,26-21-18-15-12-9-6-3)34(50,51)33(48,49)32(46,47)31(44,45)30(42,43)29(40,41)27(35,36)22-23-28(37,38)39;34-25(35,36)13-1-14(26(37,38)39)6-21(5-13)33(22-7-15(27(40,41)42)2-16(8-22)28(43,44)45,23-9-17(29(46,47)48)3-18(10-23)30(49,50)51)24-11-19(31(52,53)54)4-20(12-24)32(55,56)57/h4-26H2,1-3H3;1-12H/q+1;-1. The first-order valence-electron chi connectivity index (χ1n) is 32.8. The molecule has 4 aromatic rings. The Hall–Kier alpha value is -5.50. The van der Waals surface area contributed by atoms with Gasteiger partial charge < -0.3 is 0 Å². The minimum absolute atomic E-state index is 0.153. The summed E-state index contributed by atoms with van der Waals surface area (Å²) in [5.74, 6) is -46.7. The zero-order valence-corrected chi connectivity index (χ0v) is 57.6. The van der Waals surface area contributed by atoms with Gasteiger partial charge in [-0.1, -0.05) is 146 Å². The Bertz CT molecular complexity index is 3060. The molecule has 109 heavy (non-hydrogen) atoms. The van der Waals surface area contributed by atoms with Gasteiger partial charge in [-0.15, -0.1) is 0 Å². The molecule has 0 bridgehead atoms. The average molecular weight is 1680 g/mol. The quantitative estimate of drug-likeness (QED) is 0.0189. The van der Waals surface area contributed by atoms with Crippen LogP contribution in [-0.2, 0) is 49.4 Å². The third-order valence-corrected chi connectivity index (χ3v) is 23.0. The van der Waals surface area contributed by atoms with Gasteiger partial charge in [0, 0.05) is 12.8 Å². The molecular formula is C66H67BF41P. The number of hydrogen-bond donors (Lipinski definition) is 0. The van der Waals surface area contributed by atoms with Gasteiger partial charge in [0.15, 0.2) is 0 Å². The summed E-state index contributed by atoms with van der Waals surface area (Å²) < 4.78 is 588. The van der Waals surface area contributed by atoms with Gasteiger partial charge in [0.1, 0.15) is 6.15 Å². The summed E-state index contributed by atoms with van der Waals surface area (Å²) >= 11 is 0. The lowest BCUT2D eigenvalue weighted by Crippen LogP contribution is -2.75. The van der Waals surface area contributed by atoms with E-state index in [-0.39, 0.29) is 38.5 Å². The summed E-state index contributed by atoms with van der Waals surface area (Å²) in [5.41, 5.74) is -36.4. The molecule has 0 fully saturated rings. The van der Waals surface area contributed by atoms with Crippen molar-refractivity contribution in [3.8, 4) is 0 Å². The van der Waals surface area contributed by atoms with Crippen molar-refractivity contribution >= 4 is 35.3 Å². The molecule has 0 unspecified atom stereocenters. The van der Waals surface area contributed by atoms with E-state index in [1.165, 1.54) is 0 Å². The number of halogens is 41. The molecule has 0 aromatic heterocycles. The van der Waals surface area contributed by atoms with Crippen LogP contribution in [0, 0.1) is 0 Å². The third-order valence-electron chi connectivity index (χ3n) is 18.0. The van der Waals surface area contributed by atoms with Gasteiger partial charge in [0.25, 0.3) is 0 Å². The molecule has 4 rings (SSSR count). The molecule has 0 radical (unpaired) electrons. The van der Waals surface area contributed by atoms with Crippen LogP contribution in [0.1, 0.15) is 194 Å². The second-order valence-electron chi connectivity index (χ2n) is 26.1. The lowest BCUT2D eigenvalue weighted by atomic mass is 9.12. The van der Waals surface area contributed by atoms with Crippen LogP contribution in [0.25, 0.3) is 0 Å². The lowest BCUT2D eigenvalue weighted by molar-refractivity contribution is -0.436. The molecule has 0 nitrogen and oxygen atoms in total. The van der Waals surface area contributed by atoms with Gasteiger partial charge in [0.2, 0.25) is 0 Å². The molecule has 0 aliphatic heterocycles. The van der Waals surface area contributed by atoms with Crippen molar-refractivity contribution in [3.63, 3.8) is 0 Å². The molecule has 0 aliphatic carbocycles. The summed E-state index contributed by atoms with van der Waals surface area (Å²) in [6, 6.07) is -8.81. The van der Waals surface area contributed by atoms with Crippen molar-refractivity contribution < 1.29 is 180 Å². The van der Waals surface area contributed by atoms with E-state index in [1.807, 2.05) is 20.8 Å². The molecule has 0 heterocycles. The maximum atomic E-state index is 16.4. The van der Waals surface area contributed by atoms with Crippen LogP contribution in [0.5, 0.6) is 0 Å². The van der Waals surface area contributed by atoms with Crippen molar-refractivity contribution in [2.45, 2.75) is 246 Å². The highest BCUT2D eigenvalue weighted by Gasteiger charge is 2.95.